The minimum absolute atomic E-state index is 0.120. The molecule has 0 aromatic heterocycles. The standard InChI is InChI=1S/C14H14N2O2S/c1-3-8-16(2)13(17)9-12-14(18)15-10-6-4-5-7-11(10)19-12/h1,4-7,12H,8-9H2,2H3,(H,15,18). The Bertz CT molecular complexity index is 551. The maximum atomic E-state index is 11.9. The highest BCUT2D eigenvalue weighted by Crippen LogP contribution is 2.36. The second kappa shape index (κ2) is 5.81. The molecule has 0 bridgehead atoms. The third-order valence-corrected chi connectivity index (χ3v) is 4.10. The van der Waals surface area contributed by atoms with Crippen molar-refractivity contribution in [2.24, 2.45) is 0 Å². The maximum Gasteiger partial charge on any atom is 0.238 e. The van der Waals surface area contributed by atoms with Crippen LogP contribution in [-0.2, 0) is 9.59 Å². The van der Waals surface area contributed by atoms with Crippen LogP contribution in [0.4, 0.5) is 5.69 Å². The van der Waals surface area contributed by atoms with Gasteiger partial charge in [0.2, 0.25) is 11.8 Å². The minimum Gasteiger partial charge on any atom is -0.335 e. The highest BCUT2D eigenvalue weighted by Gasteiger charge is 2.29. The molecule has 0 aliphatic carbocycles. The summed E-state index contributed by atoms with van der Waals surface area (Å²) in [5, 5.41) is 2.42. The summed E-state index contributed by atoms with van der Waals surface area (Å²) >= 11 is 1.42. The number of anilines is 1. The Morgan fingerprint density at radius 1 is 1.53 bits per heavy atom. The second-order valence-electron chi connectivity index (χ2n) is 4.25. The highest BCUT2D eigenvalue weighted by molar-refractivity contribution is 8.01. The molecule has 0 saturated heterocycles. The number of hydrogen-bond acceptors (Lipinski definition) is 3. The molecule has 0 radical (unpaired) electrons. The lowest BCUT2D eigenvalue weighted by molar-refractivity contribution is -0.130. The molecule has 1 aromatic rings. The van der Waals surface area contributed by atoms with E-state index in [1.807, 2.05) is 24.3 Å². The van der Waals surface area contributed by atoms with Crippen LogP contribution in [-0.4, -0.2) is 35.6 Å². The average Bonchev–Trinajstić information content (AvgIpc) is 2.39. The molecule has 0 fully saturated rings. The van der Waals surface area contributed by atoms with Crippen molar-refractivity contribution < 1.29 is 9.59 Å². The van der Waals surface area contributed by atoms with Gasteiger partial charge in [-0.2, -0.15) is 0 Å². The summed E-state index contributed by atoms with van der Waals surface area (Å²) < 4.78 is 0. The van der Waals surface area contributed by atoms with Gasteiger partial charge in [0, 0.05) is 18.4 Å². The lowest BCUT2D eigenvalue weighted by Crippen LogP contribution is -2.35. The van der Waals surface area contributed by atoms with Crippen LogP contribution >= 0.6 is 11.8 Å². The van der Waals surface area contributed by atoms with Crippen molar-refractivity contribution in [2.45, 2.75) is 16.6 Å². The molecule has 1 unspecified atom stereocenters. The number of fused-ring (bicyclic) bond motifs is 1. The SMILES string of the molecule is C#CCN(C)C(=O)CC1Sc2ccccc2NC1=O. The van der Waals surface area contributed by atoms with Gasteiger partial charge in [0.05, 0.1) is 17.5 Å². The zero-order valence-corrected chi connectivity index (χ0v) is 11.4. The summed E-state index contributed by atoms with van der Waals surface area (Å²) in [6.07, 6.45) is 5.32. The van der Waals surface area contributed by atoms with Gasteiger partial charge in [-0.3, -0.25) is 9.59 Å². The van der Waals surface area contributed by atoms with E-state index in [0.29, 0.717) is 0 Å². The van der Waals surface area contributed by atoms with Gasteiger partial charge < -0.3 is 10.2 Å². The summed E-state index contributed by atoms with van der Waals surface area (Å²) in [4.78, 5) is 26.3. The Balaban J connectivity index is 2.05. The predicted molar refractivity (Wildman–Crippen MR) is 75.8 cm³/mol. The molecule has 2 amide bonds. The van der Waals surface area contributed by atoms with Gasteiger partial charge in [0.25, 0.3) is 0 Å². The van der Waals surface area contributed by atoms with E-state index in [1.54, 1.807) is 7.05 Å². The zero-order valence-electron chi connectivity index (χ0n) is 10.6. The van der Waals surface area contributed by atoms with E-state index in [4.69, 9.17) is 6.42 Å². The molecule has 19 heavy (non-hydrogen) atoms. The fourth-order valence-electron chi connectivity index (χ4n) is 1.77. The first-order valence-corrected chi connectivity index (χ1v) is 6.73. The molecule has 1 aliphatic rings. The molecule has 4 nitrogen and oxygen atoms in total. The van der Waals surface area contributed by atoms with Gasteiger partial charge in [0.15, 0.2) is 0 Å². The number of benzene rings is 1. The number of rotatable bonds is 3. The normalized spacial score (nSPS) is 17.1. The molecule has 98 valence electrons. The summed E-state index contributed by atoms with van der Waals surface area (Å²) in [5.41, 5.74) is 0.804. The van der Waals surface area contributed by atoms with Gasteiger partial charge in [-0.15, -0.1) is 18.2 Å². The molecule has 0 saturated carbocycles. The van der Waals surface area contributed by atoms with Gasteiger partial charge >= 0.3 is 0 Å². The first-order chi connectivity index (χ1) is 9.11. The van der Waals surface area contributed by atoms with E-state index in [2.05, 4.69) is 11.2 Å². The number of nitrogens with zero attached hydrogens (tertiary/aromatic N) is 1. The number of terminal acetylenes is 1. The Morgan fingerprint density at radius 3 is 3.00 bits per heavy atom. The number of amides is 2. The van der Waals surface area contributed by atoms with Gasteiger partial charge in [-0.05, 0) is 12.1 Å². The van der Waals surface area contributed by atoms with Crippen LogP contribution in [0.2, 0.25) is 0 Å². The van der Waals surface area contributed by atoms with Crippen LogP contribution in [0.3, 0.4) is 0 Å². The summed E-state index contributed by atoms with van der Waals surface area (Å²) in [5.74, 6) is 2.16. The van der Waals surface area contributed by atoms with Crippen LogP contribution < -0.4 is 5.32 Å². The summed E-state index contributed by atoms with van der Waals surface area (Å²) in [6.45, 7) is 0.258. The van der Waals surface area contributed by atoms with Crippen molar-refractivity contribution in [3.63, 3.8) is 0 Å². The maximum absolute atomic E-state index is 11.9. The molecule has 1 aromatic carbocycles. The zero-order chi connectivity index (χ0) is 13.8. The molecule has 1 N–H and O–H groups in total. The monoisotopic (exact) mass is 274 g/mol. The minimum atomic E-state index is -0.400. The smallest absolute Gasteiger partial charge is 0.238 e. The van der Waals surface area contributed by atoms with E-state index in [-0.39, 0.29) is 24.8 Å². The molecule has 0 spiro atoms. The molecule has 2 rings (SSSR count). The van der Waals surface area contributed by atoms with E-state index in [9.17, 15) is 9.59 Å². The number of nitrogens with one attached hydrogen (secondary N) is 1. The summed E-state index contributed by atoms with van der Waals surface area (Å²) in [7, 11) is 1.64. The van der Waals surface area contributed by atoms with Crippen molar-refractivity contribution >= 4 is 29.3 Å². The van der Waals surface area contributed by atoms with E-state index >= 15 is 0 Å². The Hall–Kier alpha value is -1.93. The van der Waals surface area contributed by atoms with Crippen LogP contribution in [0.5, 0.6) is 0 Å². The topological polar surface area (TPSA) is 49.4 Å². The van der Waals surface area contributed by atoms with E-state index < -0.39 is 5.25 Å². The molecular weight excluding hydrogens is 260 g/mol. The largest absolute Gasteiger partial charge is 0.335 e. The van der Waals surface area contributed by atoms with Crippen molar-refractivity contribution in [3.05, 3.63) is 24.3 Å². The molecule has 5 heteroatoms. The van der Waals surface area contributed by atoms with Gasteiger partial charge in [0.1, 0.15) is 0 Å². The van der Waals surface area contributed by atoms with Gasteiger partial charge in [-0.25, -0.2) is 0 Å². The third kappa shape index (κ3) is 3.09. The summed E-state index contributed by atoms with van der Waals surface area (Å²) in [6, 6.07) is 7.56. The van der Waals surface area contributed by atoms with E-state index in [0.717, 1.165) is 10.6 Å². The molecule has 1 aliphatic heterocycles. The van der Waals surface area contributed by atoms with Crippen molar-refractivity contribution in [1.29, 1.82) is 0 Å². The number of carbonyl (C=O) groups is 2. The molecular formula is C14H14N2O2S. The first-order valence-electron chi connectivity index (χ1n) is 5.86. The number of carbonyl (C=O) groups excluding carboxylic acids is 2. The number of thioether (sulfide) groups is 1. The fourth-order valence-corrected chi connectivity index (χ4v) is 2.87. The van der Waals surface area contributed by atoms with Crippen LogP contribution in [0.1, 0.15) is 6.42 Å². The highest BCUT2D eigenvalue weighted by atomic mass is 32.2. The van der Waals surface area contributed by atoms with Crippen LogP contribution in [0.25, 0.3) is 0 Å². The quantitative estimate of drug-likeness (QED) is 0.851. The van der Waals surface area contributed by atoms with Crippen molar-refractivity contribution in [1.82, 2.24) is 4.90 Å². The number of hydrogen-bond donors (Lipinski definition) is 1. The van der Waals surface area contributed by atoms with Crippen molar-refractivity contribution in [3.8, 4) is 12.3 Å². The molecule has 1 atom stereocenters. The Morgan fingerprint density at radius 2 is 2.26 bits per heavy atom. The Kier molecular flexibility index (Phi) is 4.13. The average molecular weight is 274 g/mol. The van der Waals surface area contributed by atoms with Crippen LogP contribution in [0.15, 0.2) is 29.2 Å². The lowest BCUT2D eigenvalue weighted by Gasteiger charge is -2.25. The van der Waals surface area contributed by atoms with Gasteiger partial charge in [-0.1, -0.05) is 18.1 Å². The van der Waals surface area contributed by atoms with Crippen LogP contribution in [0, 0.1) is 12.3 Å². The van der Waals surface area contributed by atoms with E-state index in [1.165, 1.54) is 16.7 Å². The lowest BCUT2D eigenvalue weighted by atomic mass is 10.2. The molecule has 1 heterocycles. The third-order valence-electron chi connectivity index (χ3n) is 2.82. The Labute approximate surface area is 116 Å². The fraction of sp³-hybridized carbons (Fsp3) is 0.286. The predicted octanol–water partition coefficient (Wildman–Crippen LogP) is 1.58. The second-order valence-corrected chi connectivity index (χ2v) is 5.49. The number of para-hydroxylation sites is 1. The first kappa shape index (κ1) is 13.5. The van der Waals surface area contributed by atoms with Crippen molar-refractivity contribution in [2.75, 3.05) is 18.9 Å².